The Balaban J connectivity index is 0.000000640. The molecule has 0 aliphatic heterocycles. The van der Waals surface area contributed by atoms with Gasteiger partial charge in [0, 0.05) is 32.7 Å². The first-order valence-electron chi connectivity index (χ1n) is 2.88. The molecular formula is C8H9Y-. The molecule has 1 aromatic carbocycles. The molecule has 1 rings (SSSR count). The van der Waals surface area contributed by atoms with Crippen molar-refractivity contribution in [3.8, 4) is 0 Å². The molecule has 0 heterocycles. The second-order valence-electron chi connectivity index (χ2n) is 1.76. The Labute approximate surface area is 81.5 Å². The normalized spacial score (nSPS) is 8.11. The molecule has 1 aromatic rings. The van der Waals surface area contributed by atoms with Gasteiger partial charge in [-0.05, 0) is 0 Å². The van der Waals surface area contributed by atoms with Gasteiger partial charge in [0.1, 0.15) is 0 Å². The summed E-state index contributed by atoms with van der Waals surface area (Å²) in [6, 6.07) is 11.0. The standard InChI is InChI=1S/C8H9.Y/c1-2-8-6-4-3-5-7-8;/h4-7H,2H2,1H3;/q-1;. The first-order valence-corrected chi connectivity index (χ1v) is 2.88. The van der Waals surface area contributed by atoms with E-state index in [9.17, 15) is 0 Å². The second-order valence-corrected chi connectivity index (χ2v) is 1.76. The van der Waals surface area contributed by atoms with Crippen molar-refractivity contribution in [1.82, 2.24) is 0 Å². The zero-order valence-electron chi connectivity index (χ0n) is 5.59. The molecule has 0 spiro atoms. The van der Waals surface area contributed by atoms with Crippen LogP contribution in [0.3, 0.4) is 0 Å². The molecule has 0 unspecified atom stereocenters. The van der Waals surface area contributed by atoms with Gasteiger partial charge in [-0.15, -0.1) is 0 Å². The molecule has 0 saturated carbocycles. The third-order valence-electron chi connectivity index (χ3n) is 1.20. The number of hydrogen-bond donors (Lipinski definition) is 0. The molecule has 0 atom stereocenters. The van der Waals surface area contributed by atoms with Crippen LogP contribution in [0, 0.1) is 6.07 Å². The zero-order chi connectivity index (χ0) is 5.82. The fraction of sp³-hybridized carbons (Fsp3) is 0.250. The predicted octanol–water partition coefficient (Wildman–Crippen LogP) is 2.05. The van der Waals surface area contributed by atoms with E-state index in [-0.39, 0.29) is 32.7 Å². The Morgan fingerprint density at radius 2 is 1.89 bits per heavy atom. The van der Waals surface area contributed by atoms with E-state index >= 15 is 0 Å². The summed E-state index contributed by atoms with van der Waals surface area (Å²) in [5, 5.41) is 0. The molecule has 0 fully saturated rings. The Bertz CT molecular complexity index is 146. The van der Waals surface area contributed by atoms with Gasteiger partial charge in [-0.2, -0.15) is 35.9 Å². The Hall–Kier alpha value is 0.324. The van der Waals surface area contributed by atoms with Crippen molar-refractivity contribution < 1.29 is 32.7 Å². The topological polar surface area (TPSA) is 0 Å². The van der Waals surface area contributed by atoms with E-state index in [0.717, 1.165) is 6.42 Å². The van der Waals surface area contributed by atoms with Crippen LogP contribution in [0.4, 0.5) is 0 Å². The van der Waals surface area contributed by atoms with Gasteiger partial charge >= 0.3 is 0 Å². The van der Waals surface area contributed by atoms with Gasteiger partial charge in [-0.25, -0.2) is 0 Å². The molecule has 0 amide bonds. The van der Waals surface area contributed by atoms with Crippen molar-refractivity contribution in [2.75, 3.05) is 0 Å². The Kier molecular flexibility index (Phi) is 5.32. The summed E-state index contributed by atoms with van der Waals surface area (Å²) in [5.41, 5.74) is 1.38. The molecular weight excluding hydrogens is 185 g/mol. The van der Waals surface area contributed by atoms with Gasteiger partial charge < -0.3 is 0 Å². The first kappa shape index (κ1) is 9.32. The van der Waals surface area contributed by atoms with E-state index in [4.69, 9.17) is 0 Å². The first-order chi connectivity index (χ1) is 3.93. The molecule has 0 bridgehead atoms. The van der Waals surface area contributed by atoms with Crippen LogP contribution in [-0.2, 0) is 39.1 Å². The molecule has 0 aliphatic rings. The van der Waals surface area contributed by atoms with E-state index in [1.807, 2.05) is 12.1 Å². The summed E-state index contributed by atoms with van der Waals surface area (Å²) in [6.07, 6.45) is 1.12. The van der Waals surface area contributed by atoms with Crippen LogP contribution in [-0.4, -0.2) is 0 Å². The van der Waals surface area contributed by atoms with Crippen LogP contribution >= 0.6 is 0 Å². The van der Waals surface area contributed by atoms with Crippen molar-refractivity contribution in [2.45, 2.75) is 13.3 Å². The summed E-state index contributed by atoms with van der Waals surface area (Å²) in [7, 11) is 0. The average molecular weight is 194 g/mol. The van der Waals surface area contributed by atoms with E-state index in [1.54, 1.807) is 0 Å². The largest absolute Gasteiger partial charge is 0.184 e. The summed E-state index contributed by atoms with van der Waals surface area (Å²) in [5.74, 6) is 0. The minimum Gasteiger partial charge on any atom is -0.184 e. The molecule has 9 heavy (non-hydrogen) atoms. The summed E-state index contributed by atoms with van der Waals surface area (Å²) >= 11 is 0. The van der Waals surface area contributed by atoms with Gasteiger partial charge in [-0.3, -0.25) is 0 Å². The molecule has 1 heteroatoms. The molecule has 1 radical (unpaired) electrons. The predicted molar refractivity (Wildman–Crippen MR) is 34.7 cm³/mol. The van der Waals surface area contributed by atoms with Crippen LogP contribution in [0.25, 0.3) is 0 Å². The minimum absolute atomic E-state index is 0. The second kappa shape index (κ2) is 5.14. The fourth-order valence-electron chi connectivity index (χ4n) is 0.657. The summed E-state index contributed by atoms with van der Waals surface area (Å²) < 4.78 is 0. The van der Waals surface area contributed by atoms with Crippen molar-refractivity contribution in [3.05, 3.63) is 35.9 Å². The van der Waals surface area contributed by atoms with E-state index in [1.165, 1.54) is 5.56 Å². The summed E-state index contributed by atoms with van der Waals surface area (Å²) in [4.78, 5) is 0. The SMILES string of the molecule is CCc1cc[c-]cc1.[Y]. The van der Waals surface area contributed by atoms with Gasteiger partial charge in [-0.1, -0.05) is 13.3 Å². The number of benzene rings is 1. The molecule has 0 aromatic heterocycles. The van der Waals surface area contributed by atoms with E-state index in [2.05, 4.69) is 25.1 Å². The van der Waals surface area contributed by atoms with E-state index in [0.29, 0.717) is 0 Å². The average Bonchev–Trinajstić information content (AvgIpc) is 1.90. The maximum Gasteiger partial charge on any atom is 0 e. The van der Waals surface area contributed by atoms with Crippen molar-refractivity contribution in [2.24, 2.45) is 0 Å². The quantitative estimate of drug-likeness (QED) is 0.600. The van der Waals surface area contributed by atoms with Crippen LogP contribution in [0.15, 0.2) is 24.3 Å². The van der Waals surface area contributed by atoms with Crippen LogP contribution < -0.4 is 0 Å². The fourth-order valence-corrected chi connectivity index (χ4v) is 0.657. The van der Waals surface area contributed by atoms with Gasteiger partial charge in [0.2, 0.25) is 0 Å². The van der Waals surface area contributed by atoms with Crippen molar-refractivity contribution in [3.63, 3.8) is 0 Å². The summed E-state index contributed by atoms with van der Waals surface area (Å²) in [6.45, 7) is 2.15. The van der Waals surface area contributed by atoms with E-state index < -0.39 is 0 Å². The van der Waals surface area contributed by atoms with Gasteiger partial charge in [0.05, 0.1) is 0 Å². The third-order valence-corrected chi connectivity index (χ3v) is 1.20. The molecule has 0 saturated heterocycles. The van der Waals surface area contributed by atoms with Crippen molar-refractivity contribution >= 4 is 0 Å². The monoisotopic (exact) mass is 194 g/mol. The third kappa shape index (κ3) is 3.12. The molecule has 0 nitrogen and oxygen atoms in total. The van der Waals surface area contributed by atoms with Gasteiger partial charge in [0.15, 0.2) is 0 Å². The maximum atomic E-state index is 2.97. The molecule has 0 N–H and O–H groups in total. The van der Waals surface area contributed by atoms with Crippen LogP contribution in [0.2, 0.25) is 0 Å². The van der Waals surface area contributed by atoms with Crippen LogP contribution in [0.5, 0.6) is 0 Å². The number of hydrogen-bond acceptors (Lipinski definition) is 0. The van der Waals surface area contributed by atoms with Gasteiger partial charge in [0.25, 0.3) is 0 Å². The van der Waals surface area contributed by atoms with Crippen LogP contribution in [0.1, 0.15) is 12.5 Å². The smallest absolute Gasteiger partial charge is 0 e. The molecule has 0 aliphatic carbocycles. The van der Waals surface area contributed by atoms with Crippen molar-refractivity contribution in [1.29, 1.82) is 0 Å². The maximum absolute atomic E-state index is 2.97. The zero-order valence-corrected chi connectivity index (χ0v) is 8.43. The number of aryl methyl sites for hydroxylation is 1. The minimum atomic E-state index is 0. The number of rotatable bonds is 1. The Morgan fingerprint density at radius 3 is 2.22 bits per heavy atom. The Morgan fingerprint density at radius 1 is 1.33 bits per heavy atom. The molecule has 45 valence electrons.